The number of alkyl carbamates (subject to hydrolysis) is 1. The van der Waals surface area contributed by atoms with Crippen LogP contribution in [0, 0.1) is 0 Å². The smallest absolute Gasteiger partial charge is 0.413 e. The summed E-state index contributed by atoms with van der Waals surface area (Å²) in [4.78, 5) is 22.5. The maximum absolute atomic E-state index is 11.4. The number of amides is 2. The maximum atomic E-state index is 11.4. The number of carbonyl (C=O) groups is 2. The first-order valence-corrected chi connectivity index (χ1v) is 6.12. The zero-order valence-electron chi connectivity index (χ0n) is 11.2. The number of carbonyl (C=O) groups excluding carboxylic acids is 2. The van der Waals surface area contributed by atoms with Crippen molar-refractivity contribution >= 4 is 12.0 Å². The fourth-order valence-electron chi connectivity index (χ4n) is 1.46. The van der Waals surface area contributed by atoms with Gasteiger partial charge in [0.15, 0.2) is 6.61 Å². The Morgan fingerprint density at radius 3 is 2.95 bits per heavy atom. The molecule has 110 valence electrons. The van der Waals surface area contributed by atoms with Crippen LogP contribution in [0.3, 0.4) is 0 Å². The number of ether oxygens (including phenoxy) is 2. The highest BCUT2D eigenvalue weighted by Gasteiger charge is 2.09. The van der Waals surface area contributed by atoms with Gasteiger partial charge in [-0.15, -0.1) is 5.10 Å². The van der Waals surface area contributed by atoms with Crippen molar-refractivity contribution in [2.24, 2.45) is 0 Å². The van der Waals surface area contributed by atoms with Crippen LogP contribution >= 0.6 is 0 Å². The normalized spacial score (nSPS) is 9.95. The molecule has 2 aromatic rings. The number of nitrogens with zero attached hydrogens (tertiary/aromatic N) is 4. The molecule has 0 bridgehead atoms. The van der Waals surface area contributed by atoms with Crippen molar-refractivity contribution < 1.29 is 19.1 Å². The number of aromatic nitrogens is 4. The molecule has 0 aliphatic rings. The van der Waals surface area contributed by atoms with Gasteiger partial charge in [0, 0.05) is 6.07 Å². The number of hydrogen-bond donors (Lipinski definition) is 1. The monoisotopic (exact) mass is 291 g/mol. The van der Waals surface area contributed by atoms with Crippen molar-refractivity contribution in [1.29, 1.82) is 0 Å². The molecular weight excluding hydrogens is 278 g/mol. The van der Waals surface area contributed by atoms with E-state index >= 15 is 0 Å². The van der Waals surface area contributed by atoms with Crippen molar-refractivity contribution in [3.8, 4) is 11.4 Å². The van der Waals surface area contributed by atoms with Crippen molar-refractivity contribution in [3.05, 3.63) is 30.6 Å². The van der Waals surface area contributed by atoms with Gasteiger partial charge < -0.3 is 9.47 Å². The van der Waals surface area contributed by atoms with Crippen LogP contribution in [-0.4, -0.2) is 45.4 Å². The van der Waals surface area contributed by atoms with E-state index in [1.807, 2.05) is 5.32 Å². The molecule has 0 aliphatic carbocycles. The average Bonchev–Trinajstić information content (AvgIpc) is 3.00. The molecule has 21 heavy (non-hydrogen) atoms. The highest BCUT2D eigenvalue weighted by molar-refractivity contribution is 5.92. The summed E-state index contributed by atoms with van der Waals surface area (Å²) in [6, 6.07) is 6.84. The van der Waals surface area contributed by atoms with Crippen LogP contribution < -0.4 is 10.1 Å². The van der Waals surface area contributed by atoms with E-state index in [9.17, 15) is 9.59 Å². The van der Waals surface area contributed by atoms with Crippen molar-refractivity contribution in [2.75, 3.05) is 13.2 Å². The van der Waals surface area contributed by atoms with Crippen LogP contribution in [-0.2, 0) is 9.53 Å². The van der Waals surface area contributed by atoms with Crippen LogP contribution in [0.1, 0.15) is 6.92 Å². The third-order valence-electron chi connectivity index (χ3n) is 2.32. The predicted octanol–water partition coefficient (Wildman–Crippen LogP) is 0.314. The van der Waals surface area contributed by atoms with E-state index in [0.717, 1.165) is 0 Å². The zero-order chi connectivity index (χ0) is 15.1. The van der Waals surface area contributed by atoms with E-state index in [-0.39, 0.29) is 13.2 Å². The summed E-state index contributed by atoms with van der Waals surface area (Å²) in [6.45, 7) is 1.52. The molecule has 0 fully saturated rings. The highest BCUT2D eigenvalue weighted by atomic mass is 16.5. The first-order chi connectivity index (χ1) is 10.2. The van der Waals surface area contributed by atoms with E-state index in [4.69, 9.17) is 4.74 Å². The van der Waals surface area contributed by atoms with E-state index < -0.39 is 12.0 Å². The summed E-state index contributed by atoms with van der Waals surface area (Å²) < 4.78 is 11.3. The van der Waals surface area contributed by atoms with Gasteiger partial charge in [-0.2, -0.15) is 0 Å². The molecule has 2 amide bonds. The lowest BCUT2D eigenvalue weighted by Crippen LogP contribution is -2.34. The molecular formula is C12H13N5O4. The summed E-state index contributed by atoms with van der Waals surface area (Å²) in [5, 5.41) is 12.8. The summed E-state index contributed by atoms with van der Waals surface area (Å²) in [5.74, 6) is -0.150. The van der Waals surface area contributed by atoms with Gasteiger partial charge in [0.1, 0.15) is 12.1 Å². The van der Waals surface area contributed by atoms with Gasteiger partial charge in [0.2, 0.25) is 0 Å². The van der Waals surface area contributed by atoms with Crippen LogP contribution in [0.4, 0.5) is 4.79 Å². The molecule has 0 aliphatic heterocycles. The SMILES string of the molecule is CCOC(=O)NC(=O)COc1cccc(-n2cnnn2)c1. The second-order valence-corrected chi connectivity index (χ2v) is 3.81. The van der Waals surface area contributed by atoms with E-state index in [1.54, 1.807) is 31.2 Å². The number of rotatable bonds is 5. The van der Waals surface area contributed by atoms with Crippen molar-refractivity contribution in [3.63, 3.8) is 0 Å². The summed E-state index contributed by atoms with van der Waals surface area (Å²) >= 11 is 0. The molecule has 0 saturated carbocycles. The Labute approximate surface area is 119 Å². The van der Waals surface area contributed by atoms with Gasteiger partial charge >= 0.3 is 6.09 Å². The van der Waals surface area contributed by atoms with Crippen LogP contribution in [0.2, 0.25) is 0 Å². The molecule has 0 spiro atoms. The molecule has 1 N–H and O–H groups in total. The van der Waals surface area contributed by atoms with Gasteiger partial charge in [-0.3, -0.25) is 10.1 Å². The minimum absolute atomic E-state index is 0.188. The number of imide groups is 1. The van der Waals surface area contributed by atoms with Crippen molar-refractivity contribution in [1.82, 2.24) is 25.5 Å². The Hall–Kier alpha value is -2.97. The fraction of sp³-hybridized carbons (Fsp3) is 0.250. The van der Waals surface area contributed by atoms with Gasteiger partial charge in [0.05, 0.1) is 12.3 Å². The molecule has 0 unspecified atom stereocenters. The zero-order valence-corrected chi connectivity index (χ0v) is 11.2. The maximum Gasteiger partial charge on any atom is 0.413 e. The topological polar surface area (TPSA) is 108 Å². The molecule has 9 heteroatoms. The van der Waals surface area contributed by atoms with Crippen molar-refractivity contribution in [2.45, 2.75) is 6.92 Å². The predicted molar refractivity (Wildman–Crippen MR) is 69.8 cm³/mol. The number of benzene rings is 1. The summed E-state index contributed by atoms with van der Waals surface area (Å²) in [7, 11) is 0. The van der Waals surface area contributed by atoms with Crippen LogP contribution in [0.25, 0.3) is 5.69 Å². The third-order valence-corrected chi connectivity index (χ3v) is 2.32. The summed E-state index contributed by atoms with van der Waals surface area (Å²) in [6.07, 6.45) is 0.639. The second-order valence-electron chi connectivity index (χ2n) is 3.81. The molecule has 2 rings (SSSR count). The van der Waals surface area contributed by atoms with Crippen LogP contribution in [0.5, 0.6) is 5.75 Å². The minimum Gasteiger partial charge on any atom is -0.484 e. The van der Waals surface area contributed by atoms with E-state index in [1.165, 1.54) is 11.0 Å². The highest BCUT2D eigenvalue weighted by Crippen LogP contribution is 2.15. The van der Waals surface area contributed by atoms with Crippen LogP contribution in [0.15, 0.2) is 30.6 Å². The number of hydrogen-bond acceptors (Lipinski definition) is 7. The van der Waals surface area contributed by atoms with Gasteiger partial charge in [-0.25, -0.2) is 9.48 Å². The first-order valence-electron chi connectivity index (χ1n) is 6.12. The Morgan fingerprint density at radius 2 is 2.24 bits per heavy atom. The number of nitrogens with one attached hydrogen (secondary N) is 1. The quantitative estimate of drug-likeness (QED) is 0.844. The van der Waals surface area contributed by atoms with E-state index in [0.29, 0.717) is 11.4 Å². The standard InChI is InChI=1S/C12H13N5O4/c1-2-20-12(19)14-11(18)7-21-10-5-3-4-9(6-10)17-8-13-15-16-17/h3-6,8H,2,7H2,1H3,(H,14,18,19). The molecule has 0 atom stereocenters. The fourth-order valence-corrected chi connectivity index (χ4v) is 1.46. The Bertz CT molecular complexity index is 614. The molecule has 1 aromatic carbocycles. The molecule has 0 radical (unpaired) electrons. The molecule has 1 aromatic heterocycles. The second kappa shape index (κ2) is 6.98. The lowest BCUT2D eigenvalue weighted by atomic mass is 10.3. The average molecular weight is 291 g/mol. The molecule has 1 heterocycles. The van der Waals surface area contributed by atoms with Gasteiger partial charge in [0.25, 0.3) is 5.91 Å². The van der Waals surface area contributed by atoms with Gasteiger partial charge in [-0.1, -0.05) is 6.07 Å². The first kappa shape index (κ1) is 14.4. The minimum atomic E-state index is -0.798. The lowest BCUT2D eigenvalue weighted by molar-refractivity contribution is -0.122. The Kier molecular flexibility index (Phi) is 4.80. The largest absolute Gasteiger partial charge is 0.484 e. The lowest BCUT2D eigenvalue weighted by Gasteiger charge is -2.07. The van der Waals surface area contributed by atoms with Gasteiger partial charge in [-0.05, 0) is 29.5 Å². The molecule has 9 nitrogen and oxygen atoms in total. The van der Waals surface area contributed by atoms with E-state index in [2.05, 4.69) is 20.3 Å². The Balaban J connectivity index is 1.90. The third kappa shape index (κ3) is 4.27. The summed E-state index contributed by atoms with van der Waals surface area (Å²) in [5.41, 5.74) is 0.684. The number of tetrazole rings is 1. The molecule has 0 saturated heterocycles. The Morgan fingerprint density at radius 1 is 1.38 bits per heavy atom.